The molecule has 1 aliphatic rings. The Morgan fingerprint density at radius 2 is 2.08 bits per heavy atom. The van der Waals surface area contributed by atoms with Crippen LogP contribution >= 0.6 is 0 Å². The Morgan fingerprint density at radius 3 is 2.88 bits per heavy atom. The molecule has 2 amide bonds. The molecule has 0 fully saturated rings. The molecule has 24 heavy (non-hydrogen) atoms. The molecule has 1 aromatic carbocycles. The van der Waals surface area contributed by atoms with Crippen LogP contribution in [0.4, 0.5) is 11.5 Å². The van der Waals surface area contributed by atoms with Gasteiger partial charge in [-0.1, -0.05) is 18.2 Å². The Morgan fingerprint density at radius 1 is 1.29 bits per heavy atom. The molecule has 2 heterocycles. The maximum absolute atomic E-state index is 12.4. The van der Waals surface area contributed by atoms with E-state index >= 15 is 0 Å². The van der Waals surface area contributed by atoms with Crippen molar-refractivity contribution in [3.8, 4) is 5.75 Å². The topological polar surface area (TPSA) is 71.5 Å². The van der Waals surface area contributed by atoms with Crippen LogP contribution in [0.5, 0.6) is 5.75 Å². The molecule has 2 aromatic rings. The third-order valence-electron chi connectivity index (χ3n) is 3.90. The molecule has 0 radical (unpaired) electrons. The molecular formula is C18H19N3O3. The number of benzene rings is 1. The lowest BCUT2D eigenvalue weighted by molar-refractivity contribution is -0.125. The van der Waals surface area contributed by atoms with Crippen molar-refractivity contribution >= 4 is 23.3 Å². The predicted molar refractivity (Wildman–Crippen MR) is 91.1 cm³/mol. The number of carbonyl (C=O) groups is 2. The second-order valence-corrected chi connectivity index (χ2v) is 5.68. The Labute approximate surface area is 140 Å². The first-order chi connectivity index (χ1) is 11.6. The van der Waals surface area contributed by atoms with Gasteiger partial charge in [0.2, 0.25) is 5.91 Å². The van der Waals surface area contributed by atoms with E-state index in [9.17, 15) is 9.59 Å². The number of anilines is 2. The number of nitrogens with one attached hydrogen (secondary N) is 1. The van der Waals surface area contributed by atoms with Gasteiger partial charge in [-0.3, -0.25) is 9.59 Å². The van der Waals surface area contributed by atoms with Crippen LogP contribution in [0, 0.1) is 6.92 Å². The minimum atomic E-state index is -0.555. The first-order valence-corrected chi connectivity index (χ1v) is 7.85. The summed E-state index contributed by atoms with van der Waals surface area (Å²) in [7, 11) is 0. The van der Waals surface area contributed by atoms with Crippen LogP contribution in [0.3, 0.4) is 0 Å². The van der Waals surface area contributed by atoms with Crippen LogP contribution < -0.4 is 15.0 Å². The summed E-state index contributed by atoms with van der Waals surface area (Å²) in [6.07, 6.45) is 1.26. The summed E-state index contributed by atoms with van der Waals surface area (Å²) in [5, 5.41) is 2.78. The highest BCUT2D eigenvalue weighted by Gasteiger charge is 2.31. The van der Waals surface area contributed by atoms with Gasteiger partial charge in [0.25, 0.3) is 5.91 Å². The van der Waals surface area contributed by atoms with Crippen LogP contribution in [0.25, 0.3) is 0 Å². The van der Waals surface area contributed by atoms with Crippen molar-refractivity contribution in [2.24, 2.45) is 0 Å². The van der Waals surface area contributed by atoms with E-state index in [1.165, 1.54) is 0 Å². The Hall–Kier alpha value is -2.89. The first kappa shape index (κ1) is 16.0. The van der Waals surface area contributed by atoms with E-state index in [-0.39, 0.29) is 18.2 Å². The average Bonchev–Trinajstić information content (AvgIpc) is 2.57. The summed E-state index contributed by atoms with van der Waals surface area (Å²) >= 11 is 0. The number of para-hydroxylation sites is 2. The highest BCUT2D eigenvalue weighted by atomic mass is 16.5. The van der Waals surface area contributed by atoms with Crippen molar-refractivity contribution in [2.45, 2.75) is 26.4 Å². The van der Waals surface area contributed by atoms with Gasteiger partial charge in [-0.15, -0.1) is 0 Å². The van der Waals surface area contributed by atoms with E-state index in [0.717, 1.165) is 5.56 Å². The van der Waals surface area contributed by atoms with Gasteiger partial charge in [0.15, 0.2) is 6.10 Å². The van der Waals surface area contributed by atoms with Crippen molar-refractivity contribution in [2.75, 3.05) is 16.8 Å². The van der Waals surface area contributed by atoms with Gasteiger partial charge in [0.05, 0.1) is 5.69 Å². The molecule has 1 atom stereocenters. The molecule has 1 N–H and O–H groups in total. The molecule has 1 aliphatic heterocycles. The molecule has 3 rings (SSSR count). The molecule has 0 aliphatic carbocycles. The number of hydrogen-bond acceptors (Lipinski definition) is 4. The third-order valence-corrected chi connectivity index (χ3v) is 3.90. The monoisotopic (exact) mass is 325 g/mol. The van der Waals surface area contributed by atoms with Crippen LogP contribution in [0.2, 0.25) is 0 Å². The molecule has 0 spiro atoms. The highest BCUT2D eigenvalue weighted by molar-refractivity contribution is 6.00. The molecule has 0 unspecified atom stereocenters. The quantitative estimate of drug-likeness (QED) is 0.937. The number of aryl methyl sites for hydroxylation is 1. The van der Waals surface area contributed by atoms with E-state index in [1.54, 1.807) is 18.0 Å². The zero-order chi connectivity index (χ0) is 17.1. The highest BCUT2D eigenvalue weighted by Crippen LogP contribution is 2.33. The summed E-state index contributed by atoms with van der Waals surface area (Å²) < 4.78 is 5.59. The Balaban J connectivity index is 1.68. The number of nitrogens with zero attached hydrogens (tertiary/aromatic N) is 2. The van der Waals surface area contributed by atoms with Crippen LogP contribution in [-0.2, 0) is 9.59 Å². The predicted octanol–water partition coefficient (Wildman–Crippen LogP) is 2.53. The number of amides is 2. The average molecular weight is 325 g/mol. The van der Waals surface area contributed by atoms with E-state index in [0.29, 0.717) is 23.8 Å². The Kier molecular flexibility index (Phi) is 4.46. The summed E-state index contributed by atoms with van der Waals surface area (Å²) in [4.78, 5) is 30.3. The fourth-order valence-corrected chi connectivity index (χ4v) is 2.61. The van der Waals surface area contributed by atoms with Gasteiger partial charge < -0.3 is 15.0 Å². The van der Waals surface area contributed by atoms with E-state index < -0.39 is 6.10 Å². The molecule has 6 heteroatoms. The fourth-order valence-electron chi connectivity index (χ4n) is 2.61. The number of pyridine rings is 1. The molecule has 6 nitrogen and oxygen atoms in total. The maximum atomic E-state index is 12.4. The molecule has 1 aromatic heterocycles. The lowest BCUT2D eigenvalue weighted by Gasteiger charge is -2.32. The summed E-state index contributed by atoms with van der Waals surface area (Å²) in [5.74, 6) is 0.881. The zero-order valence-corrected chi connectivity index (χ0v) is 13.7. The van der Waals surface area contributed by atoms with Crippen molar-refractivity contribution in [3.63, 3.8) is 0 Å². The van der Waals surface area contributed by atoms with Crippen molar-refractivity contribution in [1.29, 1.82) is 0 Å². The van der Waals surface area contributed by atoms with Crippen molar-refractivity contribution in [1.82, 2.24) is 4.98 Å². The number of rotatable bonds is 4. The van der Waals surface area contributed by atoms with E-state index in [1.807, 2.05) is 43.3 Å². The normalized spacial score (nSPS) is 16.3. The minimum absolute atomic E-state index is 0.143. The second-order valence-electron chi connectivity index (χ2n) is 5.68. The van der Waals surface area contributed by atoms with Gasteiger partial charge in [-0.25, -0.2) is 4.98 Å². The lowest BCUT2D eigenvalue weighted by atomic mass is 10.1. The Bertz CT molecular complexity index is 776. The molecule has 0 bridgehead atoms. The van der Waals surface area contributed by atoms with Crippen LogP contribution in [0.15, 0.2) is 42.6 Å². The minimum Gasteiger partial charge on any atom is -0.479 e. The van der Waals surface area contributed by atoms with Gasteiger partial charge in [0.1, 0.15) is 11.6 Å². The number of aromatic nitrogens is 1. The first-order valence-electron chi connectivity index (χ1n) is 7.85. The van der Waals surface area contributed by atoms with Gasteiger partial charge >= 0.3 is 0 Å². The number of ether oxygens (including phenoxy) is 1. The largest absolute Gasteiger partial charge is 0.479 e. The van der Waals surface area contributed by atoms with Crippen LogP contribution in [-0.4, -0.2) is 29.4 Å². The molecule has 0 saturated heterocycles. The summed E-state index contributed by atoms with van der Waals surface area (Å²) in [5.41, 5.74) is 1.59. The number of carbonyl (C=O) groups excluding carboxylic acids is 2. The molecule has 124 valence electrons. The van der Waals surface area contributed by atoms with Crippen molar-refractivity contribution < 1.29 is 14.3 Å². The zero-order valence-electron chi connectivity index (χ0n) is 13.7. The summed E-state index contributed by atoms with van der Waals surface area (Å²) in [6.45, 7) is 3.88. The standard InChI is InChI=1S/C18H19N3O3/c1-12-6-5-10-19-17(12)20-16(22)9-11-21-14-7-3-4-8-15(14)24-13(2)18(21)23/h3-8,10,13H,9,11H2,1-2H3,(H,19,20,22)/t13-/m0/s1. The summed E-state index contributed by atoms with van der Waals surface area (Å²) in [6, 6.07) is 11.0. The van der Waals surface area contributed by atoms with E-state index in [2.05, 4.69) is 10.3 Å². The van der Waals surface area contributed by atoms with Gasteiger partial charge in [-0.05, 0) is 37.6 Å². The second kappa shape index (κ2) is 6.70. The van der Waals surface area contributed by atoms with Crippen molar-refractivity contribution in [3.05, 3.63) is 48.2 Å². The third kappa shape index (κ3) is 3.22. The van der Waals surface area contributed by atoms with E-state index in [4.69, 9.17) is 4.74 Å². The number of hydrogen-bond donors (Lipinski definition) is 1. The van der Waals surface area contributed by atoms with Crippen LogP contribution in [0.1, 0.15) is 18.9 Å². The fraction of sp³-hybridized carbons (Fsp3) is 0.278. The lowest BCUT2D eigenvalue weighted by Crippen LogP contribution is -2.45. The van der Waals surface area contributed by atoms with Gasteiger partial charge in [0, 0.05) is 19.2 Å². The number of fused-ring (bicyclic) bond motifs is 1. The SMILES string of the molecule is Cc1cccnc1NC(=O)CCN1C(=O)[C@H](C)Oc2ccccc21. The van der Waals surface area contributed by atoms with Gasteiger partial charge in [-0.2, -0.15) is 0 Å². The molecular weight excluding hydrogens is 306 g/mol. The molecule has 0 saturated carbocycles. The smallest absolute Gasteiger partial charge is 0.267 e. The maximum Gasteiger partial charge on any atom is 0.267 e.